The van der Waals surface area contributed by atoms with Crippen LogP contribution in [0.15, 0.2) is 54.6 Å². The van der Waals surface area contributed by atoms with Crippen molar-refractivity contribution >= 4 is 52.4 Å². The summed E-state index contributed by atoms with van der Waals surface area (Å²) in [6, 6.07) is 12.0. The van der Waals surface area contributed by atoms with Crippen molar-refractivity contribution in [3.63, 3.8) is 0 Å². The molecule has 0 fully saturated rings. The van der Waals surface area contributed by atoms with Crippen LogP contribution in [0.1, 0.15) is 86.1 Å². The van der Waals surface area contributed by atoms with E-state index in [0.717, 1.165) is 0 Å². The Morgan fingerprint density at radius 2 is 0.920 bits per heavy atom. The third kappa shape index (κ3) is 20.7. The Morgan fingerprint density at radius 3 is 1.21 bits per heavy atom. The van der Waals surface area contributed by atoms with Crippen LogP contribution >= 0.6 is 11.6 Å². The van der Waals surface area contributed by atoms with Gasteiger partial charge in [-0.05, 0) is 92.0 Å². The molecule has 0 spiro atoms. The first kappa shape index (κ1) is 64.8. The maximum absolute atomic E-state index is 11.3. The molecule has 4 aromatic carbocycles. The average Bonchev–Trinajstić information content (AvgIpc) is 3.38. The summed E-state index contributed by atoms with van der Waals surface area (Å²) in [5.41, 5.74) is 1.27. The molecule has 75 heavy (non-hydrogen) atoms. The number of methoxy groups -OCH3 is 4. The smallest absolute Gasteiger partial charge is 0.344 e. The molecule has 27 heteroatoms. The number of halogens is 1. The standard InChI is InChI=1S/C14H20N2O6.C13H16ClNO6.C12H16N2O6.C9H10O3/c1-5-21-14(17)8-22-13-7-11(16(18)19)10(9(2)15-3)6-12(13)20-4;1-4-20-13(16)7-21-12-6-10(15(17)18)9(8(2)14)5-11(12)19-3;1-7(13-2)8-4-10(19-3)11(20-6-12(15)16)5-9(8)14(17)18;1-6(10)7-3-4-8(11)9(5-7)12-2/h6-7,9,15H,5,8H2,1-4H3;5-6,8H,4,7H2,1-3H3;4-5,7,13H,6H2,1-3H3,(H,15,16);3-5,11H,1-2H3. The second-order valence-corrected chi connectivity index (χ2v) is 15.6. The van der Waals surface area contributed by atoms with E-state index < -0.39 is 44.7 Å². The van der Waals surface area contributed by atoms with Crippen molar-refractivity contribution < 1.29 is 86.8 Å². The lowest BCUT2D eigenvalue weighted by Gasteiger charge is -2.15. The number of carboxylic acids is 1. The highest BCUT2D eigenvalue weighted by molar-refractivity contribution is 6.20. The maximum Gasteiger partial charge on any atom is 0.344 e. The Bertz CT molecular complexity index is 2600. The van der Waals surface area contributed by atoms with Gasteiger partial charge < -0.3 is 63.5 Å². The molecular weight excluding hydrogens is 1020 g/mol. The topological polar surface area (TPSA) is 345 Å². The number of aliphatic carboxylic acids is 1. The molecule has 0 bridgehead atoms. The quantitative estimate of drug-likeness (QED) is 0.0172. The third-order valence-electron chi connectivity index (χ3n) is 10.00. The third-order valence-corrected chi connectivity index (χ3v) is 10.2. The van der Waals surface area contributed by atoms with E-state index in [1.165, 1.54) is 83.9 Å². The van der Waals surface area contributed by atoms with E-state index in [4.69, 9.17) is 59.3 Å². The molecule has 4 N–H and O–H groups in total. The summed E-state index contributed by atoms with van der Waals surface area (Å²) in [7, 11) is 9.01. The zero-order chi connectivity index (χ0) is 57.1. The zero-order valence-electron chi connectivity index (χ0n) is 43.3. The molecule has 3 atom stereocenters. The predicted octanol–water partition coefficient (Wildman–Crippen LogP) is 7.62. The van der Waals surface area contributed by atoms with Crippen molar-refractivity contribution in [1.29, 1.82) is 0 Å². The van der Waals surface area contributed by atoms with Gasteiger partial charge in [0.2, 0.25) is 0 Å². The lowest BCUT2D eigenvalue weighted by atomic mass is 10.1. The number of hydrogen-bond acceptors (Lipinski definition) is 22. The number of phenols is 1. The molecule has 412 valence electrons. The van der Waals surface area contributed by atoms with Crippen LogP contribution in [-0.4, -0.2) is 124 Å². The number of carbonyl (C=O) groups is 4. The molecule has 0 saturated heterocycles. The van der Waals surface area contributed by atoms with Gasteiger partial charge in [0.25, 0.3) is 17.1 Å². The van der Waals surface area contributed by atoms with Crippen LogP contribution in [0.25, 0.3) is 0 Å². The molecule has 0 amide bonds. The Hall–Kier alpha value is -8.23. The second-order valence-electron chi connectivity index (χ2n) is 14.9. The number of ether oxygens (including phenoxy) is 9. The van der Waals surface area contributed by atoms with E-state index in [1.807, 2.05) is 0 Å². The summed E-state index contributed by atoms with van der Waals surface area (Å²) in [4.78, 5) is 75.8. The summed E-state index contributed by atoms with van der Waals surface area (Å²) in [6.07, 6.45) is 0. The fourth-order valence-electron chi connectivity index (χ4n) is 6.02. The first-order valence-electron chi connectivity index (χ1n) is 22.3. The number of carboxylic acid groups (broad SMARTS) is 1. The van der Waals surface area contributed by atoms with Gasteiger partial charge >= 0.3 is 17.9 Å². The Morgan fingerprint density at radius 1 is 0.573 bits per heavy atom. The van der Waals surface area contributed by atoms with Gasteiger partial charge in [-0.2, -0.15) is 0 Å². The number of alkyl halides is 1. The molecule has 26 nitrogen and oxygen atoms in total. The van der Waals surface area contributed by atoms with Gasteiger partial charge in [0.05, 0.1) is 96.7 Å². The van der Waals surface area contributed by atoms with Gasteiger partial charge in [0.15, 0.2) is 71.6 Å². The lowest BCUT2D eigenvalue weighted by Crippen LogP contribution is -2.16. The van der Waals surface area contributed by atoms with Crippen molar-refractivity contribution in [1.82, 2.24) is 10.6 Å². The number of rotatable bonds is 24. The fraction of sp³-hybridized carbons (Fsp3) is 0.417. The minimum absolute atomic E-state index is 0.0219. The van der Waals surface area contributed by atoms with Gasteiger partial charge in [-0.15, -0.1) is 11.6 Å². The number of ketones is 1. The second kappa shape index (κ2) is 32.8. The largest absolute Gasteiger partial charge is 0.504 e. The number of hydrogen-bond donors (Lipinski definition) is 4. The Labute approximate surface area is 436 Å². The van der Waals surface area contributed by atoms with E-state index in [-0.39, 0.29) is 95.9 Å². The summed E-state index contributed by atoms with van der Waals surface area (Å²) >= 11 is 5.93. The van der Waals surface area contributed by atoms with Gasteiger partial charge in [0.1, 0.15) is 0 Å². The Kier molecular flexibility index (Phi) is 28.3. The van der Waals surface area contributed by atoms with Gasteiger partial charge in [-0.25, -0.2) is 14.4 Å². The maximum atomic E-state index is 11.3. The van der Waals surface area contributed by atoms with Crippen molar-refractivity contribution in [2.75, 3.05) is 75.6 Å². The number of nitrogens with one attached hydrogen (secondary N) is 2. The Balaban J connectivity index is 0.000000509. The van der Waals surface area contributed by atoms with E-state index in [2.05, 4.69) is 10.6 Å². The molecule has 0 saturated carbocycles. The first-order chi connectivity index (χ1) is 35.4. The molecule has 0 aliphatic carbocycles. The molecular formula is C48H62ClN5O21. The summed E-state index contributed by atoms with van der Waals surface area (Å²) in [5, 5.41) is 56.4. The van der Waals surface area contributed by atoms with Crippen molar-refractivity contribution in [2.24, 2.45) is 0 Å². The number of esters is 2. The highest BCUT2D eigenvalue weighted by Gasteiger charge is 2.26. The van der Waals surface area contributed by atoms with Crippen LogP contribution in [0.3, 0.4) is 0 Å². The number of Topliss-reactive ketones (excluding diaryl/α,β-unsaturated/α-hetero) is 1. The zero-order valence-corrected chi connectivity index (χ0v) is 44.1. The summed E-state index contributed by atoms with van der Waals surface area (Å²) in [5.74, 6) is -0.952. The van der Waals surface area contributed by atoms with Crippen LogP contribution in [0.2, 0.25) is 0 Å². The highest BCUT2D eigenvalue weighted by Crippen LogP contribution is 2.41. The van der Waals surface area contributed by atoms with E-state index in [9.17, 15) is 54.6 Å². The molecule has 0 aliphatic rings. The van der Waals surface area contributed by atoms with E-state index >= 15 is 0 Å². The molecule has 0 aromatic heterocycles. The molecule has 0 heterocycles. The molecule has 4 rings (SSSR count). The lowest BCUT2D eigenvalue weighted by molar-refractivity contribution is -0.386. The summed E-state index contributed by atoms with van der Waals surface area (Å²) < 4.78 is 45.2. The van der Waals surface area contributed by atoms with Crippen molar-refractivity contribution in [3.05, 3.63) is 107 Å². The number of nitro groups is 3. The molecule has 4 aromatic rings. The number of carbonyl (C=O) groups excluding carboxylic acids is 3. The van der Waals surface area contributed by atoms with Crippen LogP contribution < -0.4 is 43.8 Å². The first-order valence-corrected chi connectivity index (χ1v) is 22.7. The summed E-state index contributed by atoms with van der Waals surface area (Å²) in [6.45, 7) is 9.13. The average molecular weight is 1080 g/mol. The van der Waals surface area contributed by atoms with Crippen LogP contribution in [0.4, 0.5) is 17.1 Å². The molecule has 3 unspecified atom stereocenters. The van der Waals surface area contributed by atoms with Crippen LogP contribution in [0.5, 0.6) is 46.0 Å². The minimum Gasteiger partial charge on any atom is -0.504 e. The SMILES string of the molecule is CCOC(=O)COc1cc([N+](=O)[O-])c(C(C)Cl)cc1OC.CCOC(=O)COc1cc([N+](=O)[O-])c(C(C)NC)cc1OC.CNC(C)c1cc(OC)c(OCC(=O)O)cc1[N+](=O)[O-].COc1cc(C(C)=O)ccc1O. The fourth-order valence-corrected chi connectivity index (χ4v) is 6.20. The molecule has 0 aliphatic heterocycles. The predicted molar refractivity (Wildman–Crippen MR) is 270 cm³/mol. The normalized spacial score (nSPS) is 11.3. The minimum atomic E-state index is -1.18. The number of nitrogens with zero attached hydrogens (tertiary/aromatic N) is 3. The van der Waals surface area contributed by atoms with Gasteiger partial charge in [0, 0.05) is 17.6 Å². The highest BCUT2D eigenvalue weighted by atomic mass is 35.5. The van der Waals surface area contributed by atoms with Crippen molar-refractivity contribution in [3.8, 4) is 46.0 Å². The van der Waals surface area contributed by atoms with Crippen LogP contribution in [-0.2, 0) is 23.9 Å². The monoisotopic (exact) mass is 1080 g/mol. The van der Waals surface area contributed by atoms with Crippen molar-refractivity contribution in [2.45, 2.75) is 59.0 Å². The van der Waals surface area contributed by atoms with E-state index in [0.29, 0.717) is 33.8 Å². The van der Waals surface area contributed by atoms with E-state index in [1.54, 1.807) is 54.8 Å². The number of phenolic OH excluding ortho intramolecular Hbond substituents is 1. The number of nitro benzene ring substituents is 3. The van der Waals surface area contributed by atoms with Gasteiger partial charge in [-0.3, -0.25) is 35.1 Å². The van der Waals surface area contributed by atoms with Gasteiger partial charge in [-0.1, -0.05) is 0 Å². The number of aromatic hydroxyl groups is 1. The number of benzene rings is 4. The molecule has 0 radical (unpaired) electrons. The van der Waals surface area contributed by atoms with Crippen LogP contribution in [0, 0.1) is 30.3 Å².